The molecule has 0 saturated heterocycles. The Kier molecular flexibility index (Phi) is 6.13. The third-order valence-corrected chi connectivity index (χ3v) is 4.99. The number of hydrogen-bond acceptors (Lipinski definition) is 7. The Morgan fingerprint density at radius 2 is 1.78 bits per heavy atom. The molecule has 6 N–H and O–H groups in total. The molecule has 2 aromatic carbocycles. The molecule has 2 amide bonds. The number of nitrogens with zero attached hydrogens (tertiary/aromatic N) is 3. The van der Waals surface area contributed by atoms with Crippen LogP contribution in [-0.2, 0) is 0 Å². The van der Waals surface area contributed by atoms with Gasteiger partial charge in [0.2, 0.25) is 11.9 Å². The summed E-state index contributed by atoms with van der Waals surface area (Å²) in [7, 11) is 1.57. The fourth-order valence-electron chi connectivity index (χ4n) is 3.31. The predicted octanol–water partition coefficient (Wildman–Crippen LogP) is 2.42. The average Bonchev–Trinajstić information content (AvgIpc) is 3.20. The Balaban J connectivity index is 1.41. The van der Waals surface area contributed by atoms with Gasteiger partial charge in [0, 0.05) is 30.5 Å². The van der Waals surface area contributed by atoms with E-state index in [4.69, 9.17) is 5.73 Å². The molecule has 0 aliphatic carbocycles. The molecule has 0 atom stereocenters. The third-order valence-electron chi connectivity index (χ3n) is 4.99. The normalized spacial score (nSPS) is 13.2. The lowest BCUT2D eigenvalue weighted by Crippen LogP contribution is -2.22. The molecule has 32 heavy (non-hydrogen) atoms. The van der Waals surface area contributed by atoms with Gasteiger partial charge in [-0.25, -0.2) is 4.79 Å². The molecule has 164 valence electrons. The standard InChI is InChI=1S/C22H24N8O2/c1-24-19(31)15-6-10-17(11-7-15)26-21-28-20(23)30(29-21)22(32)27-18-8-4-14(5-9-18)16-3-2-12-25-13-16/h3-11,25H,2,12-13H2,1H3,(H,24,31)(H,27,32)(H3,23,26,28,29). The van der Waals surface area contributed by atoms with Gasteiger partial charge < -0.3 is 27.0 Å². The minimum absolute atomic E-state index is 0.0537. The van der Waals surface area contributed by atoms with E-state index in [-0.39, 0.29) is 17.8 Å². The molecule has 0 spiro atoms. The molecule has 1 aliphatic rings. The lowest BCUT2D eigenvalue weighted by Gasteiger charge is -2.14. The number of hydrogen-bond donors (Lipinski definition) is 5. The van der Waals surface area contributed by atoms with Gasteiger partial charge in [-0.05, 0) is 60.5 Å². The molecule has 4 rings (SSSR count). The second kappa shape index (κ2) is 9.31. The highest BCUT2D eigenvalue weighted by atomic mass is 16.2. The quantitative estimate of drug-likeness (QED) is 0.417. The number of amides is 2. The molecular weight excluding hydrogens is 408 g/mol. The van der Waals surface area contributed by atoms with Crippen LogP contribution in [0.2, 0.25) is 0 Å². The fraction of sp³-hybridized carbons (Fsp3) is 0.182. The van der Waals surface area contributed by atoms with Gasteiger partial charge in [-0.2, -0.15) is 4.98 Å². The van der Waals surface area contributed by atoms with Gasteiger partial charge in [-0.3, -0.25) is 4.79 Å². The topological polar surface area (TPSA) is 139 Å². The largest absolute Gasteiger partial charge is 0.368 e. The van der Waals surface area contributed by atoms with Crippen molar-refractivity contribution in [3.8, 4) is 0 Å². The molecule has 0 radical (unpaired) electrons. The Bertz CT molecular complexity index is 1150. The maximum Gasteiger partial charge on any atom is 0.349 e. The summed E-state index contributed by atoms with van der Waals surface area (Å²) in [6, 6.07) is 13.8. The molecule has 10 nitrogen and oxygen atoms in total. The minimum Gasteiger partial charge on any atom is -0.368 e. The first kappa shape index (κ1) is 21.1. The van der Waals surface area contributed by atoms with Crippen LogP contribution >= 0.6 is 0 Å². The highest BCUT2D eigenvalue weighted by Gasteiger charge is 2.15. The van der Waals surface area contributed by atoms with Gasteiger partial charge in [-0.15, -0.1) is 9.78 Å². The van der Waals surface area contributed by atoms with Crippen LogP contribution in [0.1, 0.15) is 22.3 Å². The Morgan fingerprint density at radius 1 is 1.06 bits per heavy atom. The number of nitrogens with two attached hydrogens (primary N) is 1. The number of anilines is 4. The van der Waals surface area contributed by atoms with Crippen molar-refractivity contribution in [3.05, 3.63) is 65.7 Å². The predicted molar refractivity (Wildman–Crippen MR) is 124 cm³/mol. The molecule has 0 bridgehead atoms. The van der Waals surface area contributed by atoms with Gasteiger partial charge >= 0.3 is 6.03 Å². The van der Waals surface area contributed by atoms with Crippen molar-refractivity contribution in [2.75, 3.05) is 36.5 Å². The van der Waals surface area contributed by atoms with Gasteiger partial charge in [0.25, 0.3) is 5.91 Å². The van der Waals surface area contributed by atoms with E-state index >= 15 is 0 Å². The van der Waals surface area contributed by atoms with E-state index in [1.54, 1.807) is 31.3 Å². The maximum atomic E-state index is 12.6. The molecule has 2 heterocycles. The van der Waals surface area contributed by atoms with E-state index < -0.39 is 6.03 Å². The Hall–Kier alpha value is -4.18. The molecule has 1 aromatic heterocycles. The van der Waals surface area contributed by atoms with Gasteiger partial charge in [0.05, 0.1) is 0 Å². The average molecular weight is 432 g/mol. The van der Waals surface area contributed by atoms with E-state index in [1.807, 2.05) is 24.3 Å². The van der Waals surface area contributed by atoms with E-state index in [0.29, 0.717) is 16.9 Å². The fourth-order valence-corrected chi connectivity index (χ4v) is 3.31. The lowest BCUT2D eigenvalue weighted by molar-refractivity contribution is 0.0963. The molecule has 10 heteroatoms. The van der Waals surface area contributed by atoms with Gasteiger partial charge in [-0.1, -0.05) is 18.2 Å². The van der Waals surface area contributed by atoms with Crippen LogP contribution in [-0.4, -0.2) is 46.8 Å². The van der Waals surface area contributed by atoms with E-state index in [1.165, 1.54) is 5.57 Å². The van der Waals surface area contributed by atoms with Crippen LogP contribution < -0.4 is 27.0 Å². The summed E-state index contributed by atoms with van der Waals surface area (Å²) in [5.41, 5.74) is 10.0. The zero-order valence-electron chi connectivity index (χ0n) is 17.6. The number of nitrogen functional groups attached to an aromatic ring is 1. The van der Waals surface area contributed by atoms with Crippen molar-refractivity contribution < 1.29 is 9.59 Å². The number of aromatic nitrogens is 3. The van der Waals surface area contributed by atoms with Crippen LogP contribution in [0, 0.1) is 0 Å². The number of rotatable bonds is 5. The number of carbonyl (C=O) groups excluding carboxylic acids is 2. The first-order valence-corrected chi connectivity index (χ1v) is 10.2. The molecular formula is C22H24N8O2. The van der Waals surface area contributed by atoms with Crippen LogP contribution in [0.3, 0.4) is 0 Å². The van der Waals surface area contributed by atoms with Crippen molar-refractivity contribution in [2.24, 2.45) is 0 Å². The van der Waals surface area contributed by atoms with Crippen molar-refractivity contribution in [2.45, 2.75) is 6.42 Å². The van der Waals surface area contributed by atoms with Crippen LogP contribution in [0.15, 0.2) is 54.6 Å². The summed E-state index contributed by atoms with van der Waals surface area (Å²) in [4.78, 5) is 28.3. The number of carbonyl (C=O) groups is 2. The number of benzene rings is 2. The second-order valence-corrected chi connectivity index (χ2v) is 7.19. The zero-order chi connectivity index (χ0) is 22.5. The monoisotopic (exact) mass is 432 g/mol. The summed E-state index contributed by atoms with van der Waals surface area (Å²) in [6.45, 7) is 1.83. The number of nitrogens with one attached hydrogen (secondary N) is 4. The molecule has 1 aliphatic heterocycles. The molecule has 0 fully saturated rings. The van der Waals surface area contributed by atoms with Crippen molar-refractivity contribution in [1.29, 1.82) is 0 Å². The van der Waals surface area contributed by atoms with E-state index in [9.17, 15) is 9.59 Å². The van der Waals surface area contributed by atoms with Gasteiger partial charge in [0.1, 0.15) is 0 Å². The first-order chi connectivity index (χ1) is 15.5. The van der Waals surface area contributed by atoms with Gasteiger partial charge in [0.15, 0.2) is 0 Å². The highest BCUT2D eigenvalue weighted by Crippen LogP contribution is 2.20. The summed E-state index contributed by atoms with van der Waals surface area (Å²) in [5, 5.41) is 15.8. The highest BCUT2D eigenvalue weighted by molar-refractivity contribution is 5.94. The first-order valence-electron chi connectivity index (χ1n) is 10.2. The van der Waals surface area contributed by atoms with Crippen LogP contribution in [0.4, 0.5) is 28.1 Å². The molecule has 0 saturated carbocycles. The lowest BCUT2D eigenvalue weighted by atomic mass is 10.0. The summed E-state index contributed by atoms with van der Waals surface area (Å²) < 4.78 is 0.989. The van der Waals surface area contributed by atoms with E-state index in [2.05, 4.69) is 37.4 Å². The van der Waals surface area contributed by atoms with E-state index in [0.717, 1.165) is 29.8 Å². The molecule has 0 unspecified atom stereocenters. The smallest absolute Gasteiger partial charge is 0.349 e. The SMILES string of the molecule is CNC(=O)c1ccc(Nc2nc(N)n(C(=O)Nc3ccc(C4=CCCNC4)cc3)n2)cc1. The second-order valence-electron chi connectivity index (χ2n) is 7.19. The van der Waals surface area contributed by atoms with Crippen molar-refractivity contribution in [3.63, 3.8) is 0 Å². The van der Waals surface area contributed by atoms with Crippen LogP contribution in [0.5, 0.6) is 0 Å². The van der Waals surface area contributed by atoms with Crippen molar-refractivity contribution >= 4 is 40.8 Å². The van der Waals surface area contributed by atoms with Crippen LogP contribution in [0.25, 0.3) is 5.57 Å². The third kappa shape index (κ3) is 4.76. The van der Waals surface area contributed by atoms with Crippen molar-refractivity contribution in [1.82, 2.24) is 25.4 Å². The summed E-state index contributed by atoms with van der Waals surface area (Å²) in [5.74, 6) is -0.0699. The maximum absolute atomic E-state index is 12.6. The summed E-state index contributed by atoms with van der Waals surface area (Å²) >= 11 is 0. The Labute approximate surface area is 184 Å². The summed E-state index contributed by atoms with van der Waals surface area (Å²) in [6.07, 6.45) is 3.23. The zero-order valence-corrected chi connectivity index (χ0v) is 17.6. The molecule has 3 aromatic rings. The Morgan fingerprint density at radius 3 is 2.44 bits per heavy atom. The minimum atomic E-state index is -0.524.